The van der Waals surface area contributed by atoms with Crippen LogP contribution in [-0.2, 0) is 4.79 Å². The van der Waals surface area contributed by atoms with E-state index in [1.165, 1.54) is 0 Å². The molecule has 8 heavy (non-hydrogen) atoms. The highest BCUT2D eigenvalue weighted by Gasteiger charge is 1.74. The first-order valence-corrected chi connectivity index (χ1v) is 1.37. The van der Waals surface area contributed by atoms with E-state index >= 15 is 0 Å². The average Bonchev–Trinajstić information content (AvgIpc) is 1.35. The van der Waals surface area contributed by atoms with Gasteiger partial charge in [0.05, 0.1) is 6.26 Å². The lowest BCUT2D eigenvalue weighted by atomic mass is 10.6. The van der Waals surface area contributed by atoms with Gasteiger partial charge in [0, 0.05) is 6.08 Å². The summed E-state index contributed by atoms with van der Waals surface area (Å²) in [5, 5.41) is 7.76. The summed E-state index contributed by atoms with van der Waals surface area (Å²) < 4.78 is 0. The number of primary amides is 1. The van der Waals surface area contributed by atoms with E-state index in [0.29, 0.717) is 6.26 Å². The van der Waals surface area contributed by atoms with Crippen molar-refractivity contribution in [3.8, 4) is 0 Å². The van der Waals surface area contributed by atoms with Crippen molar-refractivity contribution in [2.75, 3.05) is 0 Å². The van der Waals surface area contributed by atoms with E-state index in [4.69, 9.17) is 5.11 Å². The van der Waals surface area contributed by atoms with Crippen LogP contribution in [0.5, 0.6) is 0 Å². The molecule has 5 N–H and O–H groups in total. The molecule has 0 aliphatic carbocycles. The van der Waals surface area contributed by atoms with Crippen LogP contribution in [-0.4, -0.2) is 16.5 Å². The van der Waals surface area contributed by atoms with Gasteiger partial charge in [-0.2, -0.15) is 0 Å². The second-order valence-electron chi connectivity index (χ2n) is 0.718. The van der Waals surface area contributed by atoms with Crippen LogP contribution in [0.1, 0.15) is 0 Å². The van der Waals surface area contributed by atoms with Gasteiger partial charge in [-0.15, -0.1) is 12.4 Å². The topological polar surface area (TPSA) is 94.8 Å². The molecule has 50 valence electrons. The van der Waals surface area contributed by atoms with Gasteiger partial charge in [0.15, 0.2) is 0 Å². The Morgan fingerprint density at radius 2 is 2.00 bits per heavy atom. The lowest BCUT2D eigenvalue weighted by molar-refractivity contribution is -0.113. The van der Waals surface area contributed by atoms with E-state index in [2.05, 4.69) is 5.73 Å². The third-order valence-corrected chi connectivity index (χ3v) is 0.239. The highest BCUT2D eigenvalue weighted by molar-refractivity contribution is 5.85. The Morgan fingerprint density at radius 3 is 2.00 bits per heavy atom. The molecular formula is C3H8ClNO3. The largest absolute Gasteiger partial charge is 0.515 e. The minimum atomic E-state index is -0.641. The van der Waals surface area contributed by atoms with E-state index < -0.39 is 5.91 Å². The second kappa shape index (κ2) is 9.54. The lowest BCUT2D eigenvalue weighted by Crippen LogP contribution is -2.04. The van der Waals surface area contributed by atoms with Crippen molar-refractivity contribution in [2.45, 2.75) is 0 Å². The molecule has 0 saturated carbocycles. The van der Waals surface area contributed by atoms with Gasteiger partial charge in [0.1, 0.15) is 0 Å². The molecule has 0 unspecified atom stereocenters. The maximum atomic E-state index is 9.57. The first kappa shape index (κ1) is 15.7. The van der Waals surface area contributed by atoms with E-state index in [-0.39, 0.29) is 17.9 Å². The molecule has 0 heterocycles. The number of halogens is 1. The van der Waals surface area contributed by atoms with Crippen LogP contribution in [0.3, 0.4) is 0 Å². The highest BCUT2D eigenvalue weighted by Crippen LogP contribution is 1.58. The summed E-state index contributed by atoms with van der Waals surface area (Å²) in [6, 6.07) is 0. The molecule has 0 bridgehead atoms. The molecule has 0 atom stereocenters. The van der Waals surface area contributed by atoms with E-state index in [0.717, 1.165) is 6.08 Å². The maximum absolute atomic E-state index is 9.57. The predicted octanol–water partition coefficient (Wildman–Crippen LogP) is -0.860. The zero-order valence-corrected chi connectivity index (χ0v) is 4.81. The Bertz CT molecular complexity index is 82.6. The van der Waals surface area contributed by atoms with Gasteiger partial charge in [0.25, 0.3) is 0 Å². The van der Waals surface area contributed by atoms with Gasteiger partial charge in [-0.3, -0.25) is 4.79 Å². The Labute approximate surface area is 52.7 Å². The van der Waals surface area contributed by atoms with Crippen molar-refractivity contribution >= 4 is 18.3 Å². The molecule has 0 saturated heterocycles. The molecule has 0 radical (unpaired) electrons. The fourth-order valence-corrected chi connectivity index (χ4v) is 0.0735. The number of carbonyl (C=O) groups is 1. The Balaban J connectivity index is -0.000000125. The quantitative estimate of drug-likeness (QED) is 0.367. The van der Waals surface area contributed by atoms with Crippen LogP contribution in [0.25, 0.3) is 0 Å². The summed E-state index contributed by atoms with van der Waals surface area (Å²) in [4.78, 5) is 9.57. The summed E-state index contributed by atoms with van der Waals surface area (Å²) >= 11 is 0. The van der Waals surface area contributed by atoms with Gasteiger partial charge >= 0.3 is 0 Å². The van der Waals surface area contributed by atoms with Crippen molar-refractivity contribution in [3.63, 3.8) is 0 Å². The lowest BCUT2D eigenvalue weighted by Gasteiger charge is -1.69. The van der Waals surface area contributed by atoms with Gasteiger partial charge < -0.3 is 16.3 Å². The minimum absolute atomic E-state index is 0. The molecule has 0 aromatic rings. The SMILES string of the molecule is Cl.NC(=O)C=CO.O. The molecule has 0 aliphatic rings. The highest BCUT2D eigenvalue weighted by atomic mass is 35.5. The summed E-state index contributed by atoms with van der Waals surface area (Å²) in [7, 11) is 0. The van der Waals surface area contributed by atoms with Crippen LogP contribution in [0.4, 0.5) is 0 Å². The summed E-state index contributed by atoms with van der Waals surface area (Å²) in [6.07, 6.45) is 1.46. The molecule has 1 amide bonds. The minimum Gasteiger partial charge on any atom is -0.515 e. The van der Waals surface area contributed by atoms with Crippen LogP contribution < -0.4 is 5.73 Å². The number of hydrogen-bond acceptors (Lipinski definition) is 2. The van der Waals surface area contributed by atoms with Crippen LogP contribution in [0.15, 0.2) is 12.3 Å². The smallest absolute Gasteiger partial charge is 0.244 e. The number of hydrogen-bond donors (Lipinski definition) is 2. The number of nitrogens with two attached hydrogens (primary N) is 1. The van der Waals surface area contributed by atoms with Crippen molar-refractivity contribution in [3.05, 3.63) is 12.3 Å². The number of rotatable bonds is 1. The summed E-state index contributed by atoms with van der Waals surface area (Å²) in [6.45, 7) is 0. The second-order valence-corrected chi connectivity index (χ2v) is 0.718. The van der Waals surface area contributed by atoms with Crippen molar-refractivity contribution in [1.82, 2.24) is 0 Å². The first-order chi connectivity index (χ1) is 2.77. The van der Waals surface area contributed by atoms with Crippen LogP contribution >= 0.6 is 12.4 Å². The zero-order chi connectivity index (χ0) is 4.99. The fraction of sp³-hybridized carbons (Fsp3) is 0. The zero-order valence-electron chi connectivity index (χ0n) is 4.00. The fourth-order valence-electron chi connectivity index (χ4n) is 0.0735. The van der Waals surface area contributed by atoms with Gasteiger partial charge in [-0.05, 0) is 0 Å². The molecule has 0 fully saturated rings. The number of aliphatic hydroxyl groups is 1. The number of amides is 1. The molecule has 0 aromatic carbocycles. The van der Waals surface area contributed by atoms with Crippen molar-refractivity contribution < 1.29 is 15.4 Å². The summed E-state index contributed by atoms with van der Waals surface area (Å²) in [5.74, 6) is -0.641. The molecule has 0 spiro atoms. The number of aliphatic hydroxyl groups excluding tert-OH is 1. The van der Waals surface area contributed by atoms with E-state index in [9.17, 15) is 4.79 Å². The number of carbonyl (C=O) groups excluding carboxylic acids is 1. The Hall–Kier alpha value is -0.740. The van der Waals surface area contributed by atoms with Gasteiger partial charge in [0.2, 0.25) is 5.91 Å². The molecule has 4 nitrogen and oxygen atoms in total. The van der Waals surface area contributed by atoms with E-state index in [1.807, 2.05) is 0 Å². The van der Waals surface area contributed by atoms with Crippen LogP contribution in [0, 0.1) is 0 Å². The van der Waals surface area contributed by atoms with Crippen LogP contribution in [0.2, 0.25) is 0 Å². The predicted molar refractivity (Wildman–Crippen MR) is 31.8 cm³/mol. The van der Waals surface area contributed by atoms with Crippen molar-refractivity contribution in [2.24, 2.45) is 5.73 Å². The van der Waals surface area contributed by atoms with Crippen molar-refractivity contribution in [1.29, 1.82) is 0 Å². The molecule has 0 aromatic heterocycles. The summed E-state index contributed by atoms with van der Waals surface area (Å²) in [5.41, 5.74) is 4.52. The Kier molecular flexibility index (Phi) is 18.7. The average molecular weight is 142 g/mol. The maximum Gasteiger partial charge on any atom is 0.244 e. The Morgan fingerprint density at radius 1 is 1.62 bits per heavy atom. The third kappa shape index (κ3) is 18.7. The normalized spacial score (nSPS) is 7.00. The van der Waals surface area contributed by atoms with Gasteiger partial charge in [-0.25, -0.2) is 0 Å². The van der Waals surface area contributed by atoms with Gasteiger partial charge in [-0.1, -0.05) is 0 Å². The molecule has 0 aliphatic heterocycles. The monoisotopic (exact) mass is 141 g/mol. The molecule has 0 rings (SSSR count). The third-order valence-electron chi connectivity index (χ3n) is 0.239. The molecular weight excluding hydrogens is 133 g/mol. The standard InChI is InChI=1S/C3H5NO2.ClH.H2O/c4-3(6)1-2-5;;/h1-2,5H,(H2,4,6);1H;1H2. The first-order valence-electron chi connectivity index (χ1n) is 1.37. The van der Waals surface area contributed by atoms with E-state index in [1.54, 1.807) is 0 Å². The molecule has 5 heteroatoms.